The van der Waals surface area contributed by atoms with Gasteiger partial charge in [-0.05, 0) is 51.0 Å². The number of carbonyl (C=O) groups excluding carboxylic acids is 1. The first-order chi connectivity index (χ1) is 11.1. The molecule has 23 heavy (non-hydrogen) atoms. The third-order valence-corrected chi connectivity index (χ3v) is 6.15. The molecule has 1 atom stereocenters. The van der Waals surface area contributed by atoms with Crippen LogP contribution in [0.5, 0.6) is 0 Å². The lowest BCUT2D eigenvalue weighted by Gasteiger charge is -2.34. The zero-order chi connectivity index (χ0) is 16.0. The number of hydrogen-bond donors (Lipinski definition) is 0. The molecule has 0 spiro atoms. The minimum Gasteiger partial charge on any atom is -0.550 e. The van der Waals surface area contributed by atoms with Crippen LogP contribution in [0.1, 0.15) is 41.9 Å². The Morgan fingerprint density at radius 1 is 1.26 bits per heavy atom. The van der Waals surface area contributed by atoms with Gasteiger partial charge in [0.15, 0.2) is 0 Å². The lowest BCUT2D eigenvalue weighted by Crippen LogP contribution is -2.44. The number of carboxylic acid groups (broad SMARTS) is 1. The van der Waals surface area contributed by atoms with Gasteiger partial charge in [0.2, 0.25) is 0 Å². The second-order valence-corrected chi connectivity index (χ2v) is 7.67. The van der Waals surface area contributed by atoms with Gasteiger partial charge in [0.05, 0.1) is 5.39 Å². The van der Waals surface area contributed by atoms with Crippen molar-refractivity contribution in [2.24, 2.45) is 5.92 Å². The van der Waals surface area contributed by atoms with Crippen LogP contribution in [0.4, 0.5) is 5.82 Å². The molecule has 5 nitrogen and oxygen atoms in total. The molecule has 2 aromatic heterocycles. The maximum absolute atomic E-state index is 11.3. The van der Waals surface area contributed by atoms with Crippen molar-refractivity contribution < 1.29 is 9.90 Å². The molecule has 0 N–H and O–H groups in total. The van der Waals surface area contributed by atoms with Crippen molar-refractivity contribution in [3.05, 3.63) is 16.3 Å². The molecule has 0 bridgehead atoms. The van der Waals surface area contributed by atoms with Gasteiger partial charge < -0.3 is 14.8 Å². The predicted octanol–water partition coefficient (Wildman–Crippen LogP) is 1.84. The second kappa shape index (κ2) is 5.74. The van der Waals surface area contributed by atoms with Gasteiger partial charge in [0.25, 0.3) is 0 Å². The highest BCUT2D eigenvalue weighted by Gasteiger charge is 2.27. The third-order valence-electron chi connectivity index (χ3n) is 4.96. The van der Waals surface area contributed by atoms with E-state index in [1.54, 1.807) is 11.3 Å². The summed E-state index contributed by atoms with van der Waals surface area (Å²) in [4.78, 5) is 25.3. The number of rotatable bonds is 2. The minimum absolute atomic E-state index is 0.400. The number of aromatic nitrogens is 2. The van der Waals surface area contributed by atoms with E-state index in [1.807, 2.05) is 6.92 Å². The first kappa shape index (κ1) is 14.9. The average Bonchev–Trinajstić information content (AvgIpc) is 2.92. The van der Waals surface area contributed by atoms with E-state index >= 15 is 0 Å². The number of piperidine rings is 1. The SMILES string of the molecule is Cc1nc(N2CCC[C@H](C(=O)[O-])C2)c2c3c(sc2n1)CCCC3. The summed E-state index contributed by atoms with van der Waals surface area (Å²) in [5.74, 6) is 0.368. The first-order valence-electron chi connectivity index (χ1n) is 8.38. The minimum atomic E-state index is -0.941. The Kier molecular flexibility index (Phi) is 3.71. The summed E-state index contributed by atoms with van der Waals surface area (Å²) < 4.78 is 0. The molecule has 0 amide bonds. The van der Waals surface area contributed by atoms with Crippen molar-refractivity contribution in [2.45, 2.75) is 45.4 Å². The number of fused-ring (bicyclic) bond motifs is 3. The third kappa shape index (κ3) is 2.59. The summed E-state index contributed by atoms with van der Waals surface area (Å²) in [5.41, 5.74) is 1.40. The van der Waals surface area contributed by atoms with E-state index in [0.717, 1.165) is 42.3 Å². The maximum atomic E-state index is 11.3. The molecule has 0 radical (unpaired) electrons. The highest BCUT2D eigenvalue weighted by Crippen LogP contribution is 2.40. The molecule has 122 valence electrons. The number of carboxylic acids is 1. The summed E-state index contributed by atoms with van der Waals surface area (Å²) >= 11 is 1.79. The summed E-state index contributed by atoms with van der Waals surface area (Å²) in [6, 6.07) is 0. The summed E-state index contributed by atoms with van der Waals surface area (Å²) in [7, 11) is 0. The number of aryl methyl sites for hydroxylation is 3. The Hall–Kier alpha value is -1.69. The number of thiophene rings is 1. The van der Waals surface area contributed by atoms with E-state index in [4.69, 9.17) is 4.98 Å². The molecule has 3 heterocycles. The van der Waals surface area contributed by atoms with Crippen molar-refractivity contribution in [1.29, 1.82) is 0 Å². The smallest absolute Gasteiger partial charge is 0.141 e. The average molecular weight is 330 g/mol. The van der Waals surface area contributed by atoms with Gasteiger partial charge in [-0.1, -0.05) is 0 Å². The fraction of sp³-hybridized carbons (Fsp3) is 0.588. The molecule has 6 heteroatoms. The molecule has 0 aromatic carbocycles. The van der Waals surface area contributed by atoms with Crippen LogP contribution in [0.3, 0.4) is 0 Å². The normalized spacial score (nSPS) is 21.4. The highest BCUT2D eigenvalue weighted by molar-refractivity contribution is 7.19. The van der Waals surface area contributed by atoms with E-state index in [0.29, 0.717) is 13.0 Å². The van der Waals surface area contributed by atoms with Crippen LogP contribution in [0.25, 0.3) is 10.2 Å². The molecule has 4 rings (SSSR count). The zero-order valence-electron chi connectivity index (χ0n) is 13.3. The van der Waals surface area contributed by atoms with Crippen LogP contribution in [-0.4, -0.2) is 29.0 Å². The van der Waals surface area contributed by atoms with Crippen LogP contribution in [0, 0.1) is 12.8 Å². The maximum Gasteiger partial charge on any atom is 0.141 e. The summed E-state index contributed by atoms with van der Waals surface area (Å²) in [6.07, 6.45) is 6.26. The Morgan fingerprint density at radius 3 is 2.91 bits per heavy atom. The summed E-state index contributed by atoms with van der Waals surface area (Å²) in [6.45, 7) is 3.28. The van der Waals surface area contributed by atoms with E-state index < -0.39 is 11.9 Å². The fourth-order valence-corrected chi connectivity index (χ4v) is 5.13. The molecule has 1 aliphatic heterocycles. The molecule has 0 unspecified atom stereocenters. The molecular formula is C17H20N3O2S-. The van der Waals surface area contributed by atoms with Crippen LogP contribution in [0.2, 0.25) is 0 Å². The van der Waals surface area contributed by atoms with Crippen LogP contribution in [0.15, 0.2) is 0 Å². The molecule has 2 aromatic rings. The molecule has 0 saturated carbocycles. The monoisotopic (exact) mass is 330 g/mol. The number of nitrogens with zero attached hydrogens (tertiary/aromatic N) is 3. The van der Waals surface area contributed by atoms with Gasteiger partial charge in [0.1, 0.15) is 16.5 Å². The number of anilines is 1. The topological polar surface area (TPSA) is 69.2 Å². The quantitative estimate of drug-likeness (QED) is 0.840. The Bertz CT molecular complexity index is 771. The van der Waals surface area contributed by atoms with Crippen molar-refractivity contribution in [3.63, 3.8) is 0 Å². The van der Waals surface area contributed by atoms with E-state index in [-0.39, 0.29) is 0 Å². The Labute approximate surface area is 139 Å². The van der Waals surface area contributed by atoms with Crippen LogP contribution in [-0.2, 0) is 17.6 Å². The lowest BCUT2D eigenvalue weighted by molar-refractivity contribution is -0.311. The van der Waals surface area contributed by atoms with Gasteiger partial charge >= 0.3 is 0 Å². The number of hydrogen-bond acceptors (Lipinski definition) is 6. The lowest BCUT2D eigenvalue weighted by atomic mass is 9.95. The van der Waals surface area contributed by atoms with Gasteiger partial charge in [-0.15, -0.1) is 11.3 Å². The molecule has 1 saturated heterocycles. The molecule has 2 aliphatic rings. The van der Waals surface area contributed by atoms with Gasteiger partial charge in [-0.2, -0.15) is 0 Å². The molecule has 1 fully saturated rings. The molecular weight excluding hydrogens is 310 g/mol. The van der Waals surface area contributed by atoms with E-state index in [1.165, 1.54) is 28.7 Å². The van der Waals surface area contributed by atoms with Crippen molar-refractivity contribution in [3.8, 4) is 0 Å². The van der Waals surface area contributed by atoms with Crippen molar-refractivity contribution in [2.75, 3.05) is 18.0 Å². The first-order valence-corrected chi connectivity index (χ1v) is 9.20. The number of aliphatic carboxylic acids is 1. The van der Waals surface area contributed by atoms with E-state index in [2.05, 4.69) is 9.88 Å². The van der Waals surface area contributed by atoms with Crippen LogP contribution < -0.4 is 10.0 Å². The Morgan fingerprint density at radius 2 is 2.09 bits per heavy atom. The fourth-order valence-electron chi connectivity index (χ4n) is 3.83. The highest BCUT2D eigenvalue weighted by atomic mass is 32.1. The van der Waals surface area contributed by atoms with Crippen molar-refractivity contribution in [1.82, 2.24) is 9.97 Å². The second-order valence-electron chi connectivity index (χ2n) is 6.59. The number of carbonyl (C=O) groups is 1. The standard InChI is InChI=1S/C17H21N3O2S/c1-10-18-15(20-8-4-5-11(9-20)17(21)22)14-12-6-2-3-7-13(12)23-16(14)19-10/h11H,2-9H2,1H3,(H,21,22)/p-1/t11-/m0/s1. The Balaban J connectivity index is 1.82. The predicted molar refractivity (Wildman–Crippen MR) is 88.7 cm³/mol. The van der Waals surface area contributed by atoms with Crippen molar-refractivity contribution >= 4 is 33.3 Å². The van der Waals surface area contributed by atoms with Gasteiger partial charge in [-0.3, -0.25) is 0 Å². The van der Waals surface area contributed by atoms with Gasteiger partial charge in [0, 0.05) is 29.9 Å². The van der Waals surface area contributed by atoms with Crippen LogP contribution >= 0.6 is 11.3 Å². The largest absolute Gasteiger partial charge is 0.550 e. The summed E-state index contributed by atoms with van der Waals surface area (Å²) in [5, 5.41) is 12.5. The molecule has 1 aliphatic carbocycles. The van der Waals surface area contributed by atoms with E-state index in [9.17, 15) is 9.90 Å². The van der Waals surface area contributed by atoms with Gasteiger partial charge in [-0.25, -0.2) is 9.97 Å². The zero-order valence-corrected chi connectivity index (χ0v) is 14.1.